The summed E-state index contributed by atoms with van der Waals surface area (Å²) in [7, 11) is 1.29. The molecule has 0 aliphatic carbocycles. The number of nitrogens with one attached hydrogen (secondary N) is 1. The van der Waals surface area contributed by atoms with Crippen molar-refractivity contribution in [2.75, 3.05) is 30.5 Å². The van der Waals surface area contributed by atoms with Gasteiger partial charge in [-0.05, 0) is 30.3 Å². The molecule has 0 bridgehead atoms. The average molecular weight is 314 g/mol. The van der Waals surface area contributed by atoms with Crippen LogP contribution in [0.2, 0.25) is 0 Å². The molecule has 1 fully saturated rings. The first-order valence-corrected chi connectivity index (χ1v) is 8.50. The van der Waals surface area contributed by atoms with E-state index in [-0.39, 0.29) is 11.5 Å². The van der Waals surface area contributed by atoms with E-state index in [4.69, 9.17) is 0 Å². The van der Waals surface area contributed by atoms with Gasteiger partial charge in [0.15, 0.2) is 16.6 Å². The third-order valence-electron chi connectivity index (χ3n) is 3.21. The van der Waals surface area contributed by atoms with Gasteiger partial charge >= 0.3 is 5.97 Å². The van der Waals surface area contributed by atoms with Crippen LogP contribution in [0.3, 0.4) is 0 Å². The van der Waals surface area contributed by atoms with Gasteiger partial charge in [-0.1, -0.05) is 11.3 Å². The highest BCUT2D eigenvalue weighted by atomic mass is 32.2. The van der Waals surface area contributed by atoms with Gasteiger partial charge in [-0.2, -0.15) is 11.8 Å². The molecule has 0 aromatic carbocycles. The number of hydrogen-bond acceptors (Lipinski definition) is 7. The smallest absolute Gasteiger partial charge is 0.358 e. The summed E-state index contributed by atoms with van der Waals surface area (Å²) in [5.74, 6) is 2.33. The van der Waals surface area contributed by atoms with Crippen molar-refractivity contribution in [3.8, 4) is 0 Å². The van der Waals surface area contributed by atoms with Gasteiger partial charge in [0, 0.05) is 13.5 Å². The van der Waals surface area contributed by atoms with E-state index >= 15 is 0 Å². The van der Waals surface area contributed by atoms with Crippen molar-refractivity contribution in [1.29, 1.82) is 0 Å². The van der Waals surface area contributed by atoms with Crippen LogP contribution in [-0.4, -0.2) is 41.9 Å². The maximum Gasteiger partial charge on any atom is 0.358 e. The van der Waals surface area contributed by atoms with Gasteiger partial charge in [-0.3, -0.25) is 4.79 Å². The van der Waals surface area contributed by atoms with Crippen molar-refractivity contribution in [2.24, 2.45) is 5.92 Å². The average Bonchev–Trinajstić information content (AvgIpc) is 2.90. The lowest BCUT2D eigenvalue weighted by Gasteiger charge is -2.21. The van der Waals surface area contributed by atoms with Crippen LogP contribution in [0.5, 0.6) is 0 Å². The Kier molecular flexibility index (Phi) is 5.42. The molecule has 0 spiro atoms. The number of ketones is 1. The lowest BCUT2D eigenvalue weighted by Crippen LogP contribution is -2.19. The lowest BCUT2D eigenvalue weighted by atomic mass is 10.0. The van der Waals surface area contributed by atoms with E-state index in [1.807, 2.05) is 11.8 Å². The van der Waals surface area contributed by atoms with E-state index in [0.29, 0.717) is 15.9 Å². The zero-order valence-electron chi connectivity index (χ0n) is 11.6. The van der Waals surface area contributed by atoms with Crippen molar-refractivity contribution < 1.29 is 14.3 Å². The summed E-state index contributed by atoms with van der Waals surface area (Å²) in [5.41, 5.74) is 0.117. The first-order chi connectivity index (χ1) is 9.61. The molecule has 0 radical (unpaired) electrons. The van der Waals surface area contributed by atoms with E-state index in [9.17, 15) is 9.59 Å². The molecule has 2 rings (SSSR count). The summed E-state index contributed by atoms with van der Waals surface area (Å²) < 4.78 is 4.66. The Bertz CT molecular complexity index is 496. The second-order valence-electron chi connectivity index (χ2n) is 4.68. The summed E-state index contributed by atoms with van der Waals surface area (Å²) >= 11 is 3.21. The number of hydrogen-bond donors (Lipinski definition) is 1. The highest BCUT2D eigenvalue weighted by molar-refractivity contribution is 7.99. The first-order valence-electron chi connectivity index (χ1n) is 6.53. The first kappa shape index (κ1) is 15.3. The Morgan fingerprint density at radius 1 is 1.40 bits per heavy atom. The van der Waals surface area contributed by atoms with E-state index in [1.165, 1.54) is 49.7 Å². The molecule has 1 aliphatic heterocycles. The minimum absolute atomic E-state index is 0.117. The van der Waals surface area contributed by atoms with Crippen LogP contribution < -0.4 is 5.32 Å². The molecule has 5 nitrogen and oxygen atoms in total. The highest BCUT2D eigenvalue weighted by Gasteiger charge is 2.22. The summed E-state index contributed by atoms with van der Waals surface area (Å²) in [5, 5.41) is 3.87. The van der Waals surface area contributed by atoms with E-state index < -0.39 is 5.97 Å². The number of ether oxygens (including phenoxy) is 1. The van der Waals surface area contributed by atoms with Crippen LogP contribution in [-0.2, 0) is 4.74 Å². The molecule has 7 heteroatoms. The topological polar surface area (TPSA) is 68.3 Å². The van der Waals surface area contributed by atoms with E-state index in [2.05, 4.69) is 15.0 Å². The Labute approximate surface area is 126 Å². The maximum atomic E-state index is 11.6. The number of carbonyl (C=O) groups is 2. The molecule has 110 valence electrons. The number of aromatic nitrogens is 1. The molecule has 0 atom stereocenters. The minimum atomic E-state index is -0.562. The molecule has 0 saturated carbocycles. The number of rotatable bonds is 5. The molecule has 0 unspecified atom stereocenters. The fraction of sp³-hybridized carbons (Fsp3) is 0.615. The molecule has 0 amide bonds. The number of anilines is 1. The SMILES string of the molecule is COC(=O)c1nc(NCC2CCSCC2)sc1C(C)=O. The third-order valence-corrected chi connectivity index (χ3v) is 5.37. The van der Waals surface area contributed by atoms with Gasteiger partial charge in [0.2, 0.25) is 0 Å². The fourth-order valence-corrected chi connectivity index (χ4v) is 4.11. The number of methoxy groups -OCH3 is 1. The molecular weight excluding hydrogens is 296 g/mol. The van der Waals surface area contributed by atoms with Crippen molar-refractivity contribution in [2.45, 2.75) is 19.8 Å². The van der Waals surface area contributed by atoms with Crippen LogP contribution in [0, 0.1) is 5.92 Å². The summed E-state index contributed by atoms with van der Waals surface area (Å²) in [4.78, 5) is 27.7. The standard InChI is InChI=1S/C13H18N2O3S2/c1-8(16)11-10(12(17)18-2)15-13(20-11)14-7-9-3-5-19-6-4-9/h9H,3-7H2,1-2H3,(H,14,15). The molecule has 1 aromatic heterocycles. The molecule has 1 aromatic rings. The number of Topliss-reactive ketones (excluding diaryl/α,β-unsaturated/α-hetero) is 1. The zero-order chi connectivity index (χ0) is 14.5. The highest BCUT2D eigenvalue weighted by Crippen LogP contribution is 2.27. The molecule has 1 aliphatic rings. The molecule has 20 heavy (non-hydrogen) atoms. The van der Waals surface area contributed by atoms with Crippen LogP contribution >= 0.6 is 23.1 Å². The second-order valence-corrected chi connectivity index (χ2v) is 6.90. The van der Waals surface area contributed by atoms with Crippen LogP contribution in [0.4, 0.5) is 5.13 Å². The maximum absolute atomic E-state index is 11.6. The minimum Gasteiger partial charge on any atom is -0.464 e. The molecule has 1 N–H and O–H groups in total. The zero-order valence-corrected chi connectivity index (χ0v) is 13.2. The van der Waals surface area contributed by atoms with Crippen molar-refractivity contribution in [3.63, 3.8) is 0 Å². The third kappa shape index (κ3) is 3.73. The molecular formula is C13H18N2O3S2. The number of carbonyl (C=O) groups excluding carboxylic acids is 2. The Balaban J connectivity index is 2.04. The van der Waals surface area contributed by atoms with Gasteiger partial charge in [-0.15, -0.1) is 0 Å². The van der Waals surface area contributed by atoms with Crippen molar-refractivity contribution >= 4 is 40.0 Å². The normalized spacial score (nSPS) is 15.9. The van der Waals surface area contributed by atoms with Crippen molar-refractivity contribution in [1.82, 2.24) is 4.98 Å². The van der Waals surface area contributed by atoms with E-state index in [1.54, 1.807) is 0 Å². The fourth-order valence-electron chi connectivity index (χ4n) is 2.05. The number of thiazole rings is 1. The summed E-state index contributed by atoms with van der Waals surface area (Å²) in [6.45, 7) is 2.27. The van der Waals surface area contributed by atoms with Crippen LogP contribution in [0.1, 0.15) is 39.9 Å². The Hall–Kier alpha value is -1.08. The predicted octanol–water partition coefficient (Wildman–Crippen LogP) is 2.69. The Morgan fingerprint density at radius 2 is 2.10 bits per heavy atom. The van der Waals surface area contributed by atoms with Gasteiger partial charge in [-0.25, -0.2) is 9.78 Å². The van der Waals surface area contributed by atoms with Gasteiger partial charge < -0.3 is 10.1 Å². The Morgan fingerprint density at radius 3 is 2.70 bits per heavy atom. The monoisotopic (exact) mass is 314 g/mol. The van der Waals surface area contributed by atoms with Gasteiger partial charge in [0.25, 0.3) is 0 Å². The largest absolute Gasteiger partial charge is 0.464 e. The number of thioether (sulfide) groups is 1. The summed E-state index contributed by atoms with van der Waals surface area (Å²) in [6.07, 6.45) is 2.40. The van der Waals surface area contributed by atoms with Crippen LogP contribution in [0.15, 0.2) is 0 Å². The summed E-state index contributed by atoms with van der Waals surface area (Å²) in [6, 6.07) is 0. The van der Waals surface area contributed by atoms with Gasteiger partial charge in [0.1, 0.15) is 4.88 Å². The predicted molar refractivity (Wildman–Crippen MR) is 82.0 cm³/mol. The molecule has 1 saturated heterocycles. The lowest BCUT2D eigenvalue weighted by molar-refractivity contribution is 0.0591. The second kappa shape index (κ2) is 7.08. The van der Waals surface area contributed by atoms with Crippen molar-refractivity contribution in [3.05, 3.63) is 10.6 Å². The molecule has 2 heterocycles. The quantitative estimate of drug-likeness (QED) is 0.666. The number of esters is 1. The van der Waals surface area contributed by atoms with Gasteiger partial charge in [0.05, 0.1) is 7.11 Å². The van der Waals surface area contributed by atoms with E-state index in [0.717, 1.165) is 6.54 Å². The number of nitrogens with zero attached hydrogens (tertiary/aromatic N) is 1. The van der Waals surface area contributed by atoms with Crippen LogP contribution in [0.25, 0.3) is 0 Å².